The Hall–Kier alpha value is -2.63. The van der Waals surface area contributed by atoms with Crippen LogP contribution in [-0.2, 0) is 6.42 Å². The molecule has 148 valence electrons. The molecule has 29 heavy (non-hydrogen) atoms. The fourth-order valence-corrected chi connectivity index (χ4v) is 3.33. The van der Waals surface area contributed by atoms with E-state index in [0.717, 1.165) is 17.4 Å². The molecular weight excluding hydrogens is 417 g/mol. The van der Waals surface area contributed by atoms with Crippen LogP contribution in [0.15, 0.2) is 48.5 Å². The fraction of sp³-hybridized carbons (Fsp3) is 0.136. The Morgan fingerprint density at radius 1 is 0.862 bits per heavy atom. The summed E-state index contributed by atoms with van der Waals surface area (Å²) in [5.74, 6) is -0.814. The van der Waals surface area contributed by atoms with Gasteiger partial charge in [0.25, 0.3) is 0 Å². The number of ketones is 1. The summed E-state index contributed by atoms with van der Waals surface area (Å²) < 4.78 is 25.7. The minimum absolute atomic E-state index is 0.112. The number of carbonyl (C=O) groups is 1. The van der Waals surface area contributed by atoms with Crippen molar-refractivity contribution in [3.05, 3.63) is 81.6 Å². The van der Waals surface area contributed by atoms with Crippen LogP contribution in [0.5, 0.6) is 0 Å². The Morgan fingerprint density at radius 2 is 1.38 bits per heavy atom. The van der Waals surface area contributed by atoms with Crippen molar-refractivity contribution in [2.75, 3.05) is 0 Å². The summed E-state index contributed by atoms with van der Waals surface area (Å²) in [5, 5.41) is 2.20. The van der Waals surface area contributed by atoms with E-state index >= 15 is 0 Å². The van der Waals surface area contributed by atoms with Crippen LogP contribution in [0.1, 0.15) is 29.8 Å². The minimum Gasteiger partial charge on any atom is -0.294 e. The van der Waals surface area contributed by atoms with Crippen LogP contribution in [0.4, 0.5) is 8.78 Å². The van der Waals surface area contributed by atoms with E-state index in [2.05, 4.69) is 9.97 Å². The molecule has 0 aliphatic carbocycles. The third-order valence-electron chi connectivity index (χ3n) is 4.30. The molecule has 0 spiro atoms. The molecular formula is C22H16Cl2F2N2O. The maximum Gasteiger partial charge on any atom is 0.162 e. The number of aryl methyl sites for hydroxylation is 1. The largest absolute Gasteiger partial charge is 0.294 e. The normalized spacial score (nSPS) is 10.7. The van der Waals surface area contributed by atoms with Gasteiger partial charge in [-0.15, -0.1) is 0 Å². The van der Waals surface area contributed by atoms with Gasteiger partial charge in [-0.2, -0.15) is 0 Å². The van der Waals surface area contributed by atoms with Crippen molar-refractivity contribution < 1.29 is 13.6 Å². The number of Topliss-reactive ketones (excluding diaryl/α,β-unsaturated/α-hetero) is 1. The first-order valence-corrected chi connectivity index (χ1v) is 9.55. The number of halogens is 4. The van der Waals surface area contributed by atoms with Crippen LogP contribution in [0.3, 0.4) is 0 Å². The van der Waals surface area contributed by atoms with Crippen molar-refractivity contribution >= 4 is 50.8 Å². The summed E-state index contributed by atoms with van der Waals surface area (Å²) in [6.45, 7) is 3.43. The summed E-state index contributed by atoms with van der Waals surface area (Å²) >= 11 is 11.7. The molecule has 7 heteroatoms. The van der Waals surface area contributed by atoms with E-state index in [-0.39, 0.29) is 22.6 Å². The number of benzene rings is 2. The number of hydrogen-bond acceptors (Lipinski definition) is 3. The highest BCUT2D eigenvalue weighted by molar-refractivity contribution is 6.33. The number of nitrogens with zero attached hydrogens (tertiary/aromatic N) is 2. The molecule has 0 saturated heterocycles. The smallest absolute Gasteiger partial charge is 0.162 e. The number of pyridine rings is 2. The van der Waals surface area contributed by atoms with Crippen LogP contribution >= 0.6 is 23.2 Å². The molecule has 4 rings (SSSR count). The highest BCUT2D eigenvalue weighted by Gasteiger charge is 2.09. The van der Waals surface area contributed by atoms with Crippen LogP contribution < -0.4 is 0 Å². The van der Waals surface area contributed by atoms with E-state index in [1.54, 1.807) is 18.2 Å². The van der Waals surface area contributed by atoms with Crippen molar-refractivity contribution in [1.29, 1.82) is 0 Å². The van der Waals surface area contributed by atoms with E-state index in [0.29, 0.717) is 27.1 Å². The second kappa shape index (κ2) is 8.80. The Bertz CT molecular complexity index is 1230. The first-order valence-electron chi connectivity index (χ1n) is 8.80. The molecule has 0 aliphatic heterocycles. The second-order valence-corrected chi connectivity index (χ2v) is 7.06. The Morgan fingerprint density at radius 3 is 1.90 bits per heavy atom. The van der Waals surface area contributed by atoms with Crippen molar-refractivity contribution in [3.8, 4) is 0 Å². The van der Waals surface area contributed by atoms with Gasteiger partial charge in [0.05, 0.1) is 16.6 Å². The lowest BCUT2D eigenvalue weighted by Crippen LogP contribution is -1.96. The Balaban J connectivity index is 0.000000166. The van der Waals surface area contributed by atoms with E-state index < -0.39 is 0 Å². The van der Waals surface area contributed by atoms with Crippen LogP contribution in [0.2, 0.25) is 10.3 Å². The average molecular weight is 433 g/mol. The zero-order chi connectivity index (χ0) is 21.1. The quantitative estimate of drug-likeness (QED) is 0.257. The van der Waals surface area contributed by atoms with Crippen molar-refractivity contribution in [3.63, 3.8) is 0 Å². The molecule has 0 amide bonds. The van der Waals surface area contributed by atoms with E-state index in [1.165, 1.54) is 31.2 Å². The molecule has 0 bridgehead atoms. The summed E-state index contributed by atoms with van der Waals surface area (Å²) in [4.78, 5) is 19.3. The molecule has 2 aromatic carbocycles. The zero-order valence-corrected chi connectivity index (χ0v) is 17.2. The SMILES string of the molecule is CC(=O)c1cc2ccc(F)cc2nc1Cl.CCc1cc2ccc(F)cc2nc1Cl. The van der Waals surface area contributed by atoms with Gasteiger partial charge < -0.3 is 0 Å². The molecule has 3 nitrogen and oxygen atoms in total. The first-order chi connectivity index (χ1) is 13.8. The molecule has 2 aromatic heterocycles. The predicted octanol–water partition coefficient (Wildman–Crippen LogP) is 6.82. The van der Waals surface area contributed by atoms with Gasteiger partial charge in [-0.1, -0.05) is 30.1 Å². The lowest BCUT2D eigenvalue weighted by Gasteiger charge is -2.03. The molecule has 0 radical (unpaired) electrons. The Kier molecular flexibility index (Phi) is 6.40. The number of aromatic nitrogens is 2. The standard InChI is InChI=1S/C11H7ClFNO.C11H9ClFN/c1-6(15)9-4-7-2-3-8(13)5-10(7)14-11(9)12;1-2-7-5-8-3-4-9(13)6-10(8)14-11(7)12/h2-5H,1H3;3-6H,2H2,1H3. The van der Waals surface area contributed by atoms with Gasteiger partial charge in [0.2, 0.25) is 0 Å². The monoisotopic (exact) mass is 432 g/mol. The second-order valence-electron chi connectivity index (χ2n) is 6.35. The number of fused-ring (bicyclic) bond motifs is 2. The van der Waals surface area contributed by atoms with Gasteiger partial charge in [-0.25, -0.2) is 18.7 Å². The summed E-state index contributed by atoms with van der Waals surface area (Å²) in [5.41, 5.74) is 2.40. The Labute approximate surface area is 176 Å². The molecule has 4 aromatic rings. The van der Waals surface area contributed by atoms with Crippen LogP contribution in [-0.4, -0.2) is 15.8 Å². The molecule has 0 fully saturated rings. The van der Waals surface area contributed by atoms with E-state index in [1.807, 2.05) is 13.0 Å². The third kappa shape index (κ3) is 4.86. The zero-order valence-electron chi connectivity index (χ0n) is 15.6. The van der Waals surface area contributed by atoms with Crippen molar-refractivity contribution in [2.24, 2.45) is 0 Å². The average Bonchev–Trinajstić information content (AvgIpc) is 2.67. The number of rotatable bonds is 2. The van der Waals surface area contributed by atoms with Crippen molar-refractivity contribution in [2.45, 2.75) is 20.3 Å². The fourth-order valence-electron chi connectivity index (χ4n) is 2.77. The lowest BCUT2D eigenvalue weighted by atomic mass is 10.1. The van der Waals surface area contributed by atoms with Crippen LogP contribution in [0, 0.1) is 11.6 Å². The molecule has 0 atom stereocenters. The van der Waals surface area contributed by atoms with E-state index in [9.17, 15) is 13.6 Å². The molecule has 0 aliphatic rings. The van der Waals surface area contributed by atoms with Crippen LogP contribution in [0.25, 0.3) is 21.8 Å². The minimum atomic E-state index is -0.373. The van der Waals surface area contributed by atoms with Crippen molar-refractivity contribution in [1.82, 2.24) is 9.97 Å². The molecule has 0 N–H and O–H groups in total. The first kappa shape index (κ1) is 21.1. The number of hydrogen-bond donors (Lipinski definition) is 0. The van der Waals surface area contributed by atoms with Gasteiger partial charge in [-0.3, -0.25) is 4.79 Å². The van der Waals surface area contributed by atoms with Gasteiger partial charge in [-0.05, 0) is 55.3 Å². The predicted molar refractivity (Wildman–Crippen MR) is 113 cm³/mol. The summed E-state index contributed by atoms with van der Waals surface area (Å²) in [6, 6.07) is 12.3. The van der Waals surface area contributed by atoms with Gasteiger partial charge >= 0.3 is 0 Å². The topological polar surface area (TPSA) is 42.9 Å². The molecule has 0 unspecified atom stereocenters. The maximum atomic E-state index is 12.9. The van der Waals surface area contributed by atoms with Gasteiger partial charge in [0.1, 0.15) is 21.9 Å². The van der Waals surface area contributed by atoms with Gasteiger partial charge in [0, 0.05) is 22.9 Å². The highest BCUT2D eigenvalue weighted by atomic mass is 35.5. The maximum absolute atomic E-state index is 12.9. The lowest BCUT2D eigenvalue weighted by molar-refractivity contribution is 0.101. The van der Waals surface area contributed by atoms with E-state index in [4.69, 9.17) is 23.2 Å². The highest BCUT2D eigenvalue weighted by Crippen LogP contribution is 2.22. The number of carbonyl (C=O) groups excluding carboxylic acids is 1. The summed E-state index contributed by atoms with van der Waals surface area (Å²) in [6.07, 6.45) is 0.832. The summed E-state index contributed by atoms with van der Waals surface area (Å²) in [7, 11) is 0. The molecule has 2 heterocycles. The molecule has 0 saturated carbocycles. The third-order valence-corrected chi connectivity index (χ3v) is 4.91. The van der Waals surface area contributed by atoms with Gasteiger partial charge in [0.15, 0.2) is 5.78 Å².